The first-order chi connectivity index (χ1) is 12.4. The maximum Gasteiger partial charge on any atom is 0.130 e. The normalized spacial score (nSPS) is 15.1. The molecule has 0 aliphatic carbocycles. The molecule has 0 N–H and O–H groups in total. The smallest absolute Gasteiger partial charge is 0.130 e. The number of thiazole rings is 1. The minimum Gasteiger partial charge on any atom is -0.378 e. The fourth-order valence-electron chi connectivity index (χ4n) is 3.28. The van der Waals surface area contributed by atoms with E-state index in [1.165, 1.54) is 4.70 Å². The summed E-state index contributed by atoms with van der Waals surface area (Å²) in [7, 11) is 0. The highest BCUT2D eigenvalue weighted by Gasteiger charge is 2.17. The van der Waals surface area contributed by atoms with Crippen LogP contribution in [0.4, 0.5) is 5.82 Å². The molecule has 0 spiro atoms. The monoisotopic (exact) mass is 347 g/mol. The fraction of sp³-hybridized carbons (Fsp3) is 0.200. The van der Waals surface area contributed by atoms with Gasteiger partial charge < -0.3 is 9.64 Å². The van der Waals surface area contributed by atoms with E-state index < -0.39 is 0 Å². The topological polar surface area (TPSA) is 38.2 Å². The number of fused-ring (bicyclic) bond motifs is 2. The molecule has 1 aliphatic heterocycles. The van der Waals surface area contributed by atoms with Gasteiger partial charge in [0.15, 0.2) is 0 Å². The van der Waals surface area contributed by atoms with Gasteiger partial charge in [-0.3, -0.25) is 0 Å². The van der Waals surface area contributed by atoms with Crippen molar-refractivity contribution in [1.29, 1.82) is 0 Å². The average Bonchev–Trinajstić information content (AvgIpc) is 3.12. The van der Waals surface area contributed by atoms with E-state index in [9.17, 15) is 0 Å². The van der Waals surface area contributed by atoms with Crippen molar-refractivity contribution in [2.45, 2.75) is 0 Å². The largest absolute Gasteiger partial charge is 0.378 e. The minimum absolute atomic E-state index is 0.755. The standard InChI is InChI=1S/C20H17N3OS/c1-2-6-16-14(5-1)15(13-19(21-16)23-9-11-24-12-10-23)20-22-17-7-3-4-8-18(17)25-20/h1-8,13H,9-12H2. The predicted molar refractivity (Wildman–Crippen MR) is 103 cm³/mol. The summed E-state index contributed by atoms with van der Waals surface area (Å²) in [6.07, 6.45) is 0. The number of benzene rings is 2. The van der Waals surface area contributed by atoms with Crippen LogP contribution in [0.5, 0.6) is 0 Å². The van der Waals surface area contributed by atoms with Crippen LogP contribution in [0.3, 0.4) is 0 Å². The SMILES string of the molecule is c1ccc2sc(-c3cc(N4CCOCC4)nc4ccccc34)nc2c1. The van der Waals surface area contributed by atoms with Crippen molar-refractivity contribution < 1.29 is 4.74 Å². The predicted octanol–water partition coefficient (Wildman–Crippen LogP) is 4.35. The maximum absolute atomic E-state index is 5.48. The number of nitrogens with zero attached hydrogens (tertiary/aromatic N) is 3. The Morgan fingerprint density at radius 1 is 0.880 bits per heavy atom. The van der Waals surface area contributed by atoms with Crippen molar-refractivity contribution in [3.05, 3.63) is 54.6 Å². The molecule has 4 nitrogen and oxygen atoms in total. The molecular formula is C20H17N3OS. The van der Waals surface area contributed by atoms with Crippen molar-refractivity contribution in [2.75, 3.05) is 31.2 Å². The molecule has 0 atom stereocenters. The highest BCUT2D eigenvalue weighted by molar-refractivity contribution is 7.21. The third-order valence-electron chi connectivity index (χ3n) is 4.56. The first-order valence-electron chi connectivity index (χ1n) is 8.47. The van der Waals surface area contributed by atoms with Gasteiger partial charge in [-0.1, -0.05) is 30.3 Å². The zero-order chi connectivity index (χ0) is 16.6. The van der Waals surface area contributed by atoms with Gasteiger partial charge in [0.1, 0.15) is 10.8 Å². The van der Waals surface area contributed by atoms with Crippen LogP contribution in [-0.4, -0.2) is 36.3 Å². The maximum atomic E-state index is 5.48. The quantitative estimate of drug-likeness (QED) is 0.540. The lowest BCUT2D eigenvalue weighted by Gasteiger charge is -2.28. The molecule has 25 heavy (non-hydrogen) atoms. The number of aromatic nitrogens is 2. The lowest BCUT2D eigenvalue weighted by atomic mass is 10.1. The molecule has 0 amide bonds. The second kappa shape index (κ2) is 6.10. The Balaban J connectivity index is 1.72. The van der Waals surface area contributed by atoms with Crippen molar-refractivity contribution in [1.82, 2.24) is 9.97 Å². The first-order valence-corrected chi connectivity index (χ1v) is 9.28. The lowest BCUT2D eigenvalue weighted by molar-refractivity contribution is 0.122. The number of pyridine rings is 1. The van der Waals surface area contributed by atoms with Crippen LogP contribution in [0.1, 0.15) is 0 Å². The molecule has 4 aromatic rings. The minimum atomic E-state index is 0.755. The third-order valence-corrected chi connectivity index (χ3v) is 5.63. The molecule has 5 rings (SSSR count). The molecule has 5 heteroatoms. The highest BCUT2D eigenvalue weighted by Crippen LogP contribution is 2.36. The molecular weight excluding hydrogens is 330 g/mol. The molecule has 0 saturated carbocycles. The van der Waals surface area contributed by atoms with Gasteiger partial charge in [-0.25, -0.2) is 9.97 Å². The van der Waals surface area contributed by atoms with Gasteiger partial charge >= 0.3 is 0 Å². The number of ether oxygens (including phenoxy) is 1. The van der Waals surface area contributed by atoms with Crippen molar-refractivity contribution in [2.24, 2.45) is 0 Å². The van der Waals surface area contributed by atoms with Gasteiger partial charge in [-0.2, -0.15) is 0 Å². The first kappa shape index (κ1) is 14.8. The van der Waals surface area contributed by atoms with E-state index >= 15 is 0 Å². The number of para-hydroxylation sites is 2. The van der Waals surface area contributed by atoms with Crippen LogP contribution >= 0.6 is 11.3 Å². The van der Waals surface area contributed by atoms with E-state index in [4.69, 9.17) is 14.7 Å². The van der Waals surface area contributed by atoms with Crippen molar-refractivity contribution in [3.63, 3.8) is 0 Å². The molecule has 0 bridgehead atoms. The van der Waals surface area contributed by atoms with Crippen LogP contribution < -0.4 is 4.90 Å². The van der Waals surface area contributed by atoms with E-state index in [0.717, 1.165) is 59.1 Å². The number of anilines is 1. The van der Waals surface area contributed by atoms with E-state index in [-0.39, 0.29) is 0 Å². The summed E-state index contributed by atoms with van der Waals surface area (Å²) in [5.41, 5.74) is 3.23. The Morgan fingerprint density at radius 2 is 1.64 bits per heavy atom. The van der Waals surface area contributed by atoms with Crippen LogP contribution in [0.25, 0.3) is 31.7 Å². The van der Waals surface area contributed by atoms with E-state index in [1.807, 2.05) is 12.1 Å². The zero-order valence-electron chi connectivity index (χ0n) is 13.7. The number of rotatable bonds is 2. The van der Waals surface area contributed by atoms with Crippen molar-refractivity contribution >= 4 is 38.3 Å². The molecule has 0 unspecified atom stereocenters. The van der Waals surface area contributed by atoms with Crippen LogP contribution in [0.2, 0.25) is 0 Å². The summed E-state index contributed by atoms with van der Waals surface area (Å²) in [4.78, 5) is 12.1. The Kier molecular flexibility index (Phi) is 3.61. The average molecular weight is 347 g/mol. The summed E-state index contributed by atoms with van der Waals surface area (Å²) < 4.78 is 6.70. The molecule has 1 fully saturated rings. The molecule has 3 heterocycles. The van der Waals surface area contributed by atoms with E-state index in [0.29, 0.717) is 0 Å². The number of morpholine rings is 1. The molecule has 124 valence electrons. The summed E-state index contributed by atoms with van der Waals surface area (Å²) in [5.74, 6) is 1.01. The van der Waals surface area contributed by atoms with Crippen LogP contribution in [0.15, 0.2) is 54.6 Å². The van der Waals surface area contributed by atoms with Crippen LogP contribution in [-0.2, 0) is 4.74 Å². The summed E-state index contributed by atoms with van der Waals surface area (Å²) >= 11 is 1.74. The lowest BCUT2D eigenvalue weighted by Crippen LogP contribution is -2.36. The van der Waals surface area contributed by atoms with Gasteiger partial charge in [-0.15, -0.1) is 11.3 Å². The summed E-state index contributed by atoms with van der Waals surface area (Å²) in [5, 5.41) is 2.20. The molecule has 2 aromatic heterocycles. The second-order valence-electron chi connectivity index (χ2n) is 6.13. The molecule has 0 radical (unpaired) electrons. The Hall–Kier alpha value is -2.50. The highest BCUT2D eigenvalue weighted by atomic mass is 32.1. The van der Waals surface area contributed by atoms with Crippen LogP contribution in [0, 0.1) is 0 Å². The number of hydrogen-bond donors (Lipinski definition) is 0. The van der Waals surface area contributed by atoms with E-state index in [1.54, 1.807) is 11.3 Å². The zero-order valence-corrected chi connectivity index (χ0v) is 14.5. The Morgan fingerprint density at radius 3 is 2.48 bits per heavy atom. The Labute approximate surface area is 149 Å². The van der Waals surface area contributed by atoms with Gasteiger partial charge in [0.05, 0.1) is 28.9 Å². The molecule has 2 aromatic carbocycles. The van der Waals surface area contributed by atoms with Gasteiger partial charge in [0.2, 0.25) is 0 Å². The third kappa shape index (κ3) is 2.65. The van der Waals surface area contributed by atoms with Gasteiger partial charge in [0, 0.05) is 24.0 Å². The fourth-order valence-corrected chi connectivity index (χ4v) is 4.28. The second-order valence-corrected chi connectivity index (χ2v) is 7.16. The molecule has 1 aliphatic rings. The summed E-state index contributed by atoms with van der Waals surface area (Å²) in [6.45, 7) is 3.27. The number of hydrogen-bond acceptors (Lipinski definition) is 5. The van der Waals surface area contributed by atoms with Crippen molar-refractivity contribution in [3.8, 4) is 10.6 Å². The van der Waals surface area contributed by atoms with E-state index in [2.05, 4.69) is 47.4 Å². The Bertz CT molecular complexity index is 1020. The summed E-state index contributed by atoms with van der Waals surface area (Å²) in [6, 6.07) is 18.8. The van der Waals surface area contributed by atoms with Gasteiger partial charge in [0.25, 0.3) is 0 Å². The van der Waals surface area contributed by atoms with Gasteiger partial charge in [-0.05, 0) is 24.3 Å². The molecule has 1 saturated heterocycles.